The van der Waals surface area contributed by atoms with Crippen molar-refractivity contribution in [1.82, 2.24) is 10.4 Å². The number of pyridine rings is 1. The quantitative estimate of drug-likeness (QED) is 0.659. The van der Waals surface area contributed by atoms with Gasteiger partial charge in [0.2, 0.25) is 0 Å². The van der Waals surface area contributed by atoms with Gasteiger partial charge in [-0.3, -0.25) is 9.78 Å². The highest BCUT2D eigenvalue weighted by Crippen LogP contribution is 2.06. The summed E-state index contributed by atoms with van der Waals surface area (Å²) in [5.74, 6) is -0.210. The van der Waals surface area contributed by atoms with E-state index < -0.39 is 0 Å². The first-order valence-electron chi connectivity index (χ1n) is 5.56. The number of rotatable bonds is 3. The van der Waals surface area contributed by atoms with Crippen LogP contribution in [0.5, 0.6) is 0 Å². The number of carbonyl (C=O) groups excluding carboxylic acids is 1. The Bertz CT molecular complexity index is 564. The monoisotopic (exact) mass is 239 g/mol. The topological polar surface area (TPSA) is 54.4 Å². The summed E-state index contributed by atoms with van der Waals surface area (Å²) in [6.45, 7) is 1.89. The van der Waals surface area contributed by atoms with Gasteiger partial charge >= 0.3 is 0 Å². The van der Waals surface area contributed by atoms with Crippen LogP contribution in [0.4, 0.5) is 0 Å². The van der Waals surface area contributed by atoms with Gasteiger partial charge in [0.15, 0.2) is 0 Å². The highest BCUT2D eigenvalue weighted by atomic mass is 16.2. The van der Waals surface area contributed by atoms with E-state index in [-0.39, 0.29) is 5.91 Å². The van der Waals surface area contributed by atoms with Crippen LogP contribution in [0, 0.1) is 6.92 Å². The molecule has 2 rings (SSSR count). The molecule has 0 spiro atoms. The Labute approximate surface area is 105 Å². The molecule has 1 N–H and O–H groups in total. The molecule has 90 valence electrons. The Morgan fingerprint density at radius 3 is 2.67 bits per heavy atom. The van der Waals surface area contributed by atoms with Gasteiger partial charge in [-0.2, -0.15) is 5.10 Å². The average Bonchev–Trinajstić information content (AvgIpc) is 2.40. The van der Waals surface area contributed by atoms with Crippen LogP contribution in [0.25, 0.3) is 0 Å². The number of hydrazone groups is 1. The molecule has 4 nitrogen and oxygen atoms in total. The van der Waals surface area contributed by atoms with Crippen molar-refractivity contribution >= 4 is 12.1 Å². The van der Waals surface area contributed by atoms with Gasteiger partial charge in [0.05, 0.1) is 6.21 Å². The normalized spacial score (nSPS) is 10.5. The van der Waals surface area contributed by atoms with E-state index in [1.54, 1.807) is 24.7 Å². The summed E-state index contributed by atoms with van der Waals surface area (Å²) in [6, 6.07) is 11.0. The molecule has 0 bridgehead atoms. The molecule has 0 aliphatic rings. The van der Waals surface area contributed by atoms with Crippen molar-refractivity contribution in [3.05, 3.63) is 65.5 Å². The molecule has 4 heteroatoms. The van der Waals surface area contributed by atoms with Gasteiger partial charge in [-0.05, 0) is 36.2 Å². The second kappa shape index (κ2) is 5.72. The van der Waals surface area contributed by atoms with Gasteiger partial charge < -0.3 is 0 Å². The fourth-order valence-electron chi connectivity index (χ4n) is 1.50. The summed E-state index contributed by atoms with van der Waals surface area (Å²) in [5.41, 5.74) is 4.94. The minimum Gasteiger partial charge on any atom is -0.267 e. The van der Waals surface area contributed by atoms with Crippen molar-refractivity contribution in [2.75, 3.05) is 0 Å². The molecule has 0 saturated carbocycles. The molecule has 1 aromatic heterocycles. The number of aromatic nitrogens is 1. The summed E-state index contributed by atoms with van der Waals surface area (Å²) in [4.78, 5) is 15.7. The standard InChI is InChI=1S/C14H13N3O/c1-11-4-2-3-5-13(11)14(18)17-16-10-12-6-8-15-9-7-12/h2-10H,1H3,(H,17,18)/b16-10-. The van der Waals surface area contributed by atoms with Crippen LogP contribution in [0.15, 0.2) is 53.9 Å². The molecule has 0 atom stereocenters. The first-order valence-corrected chi connectivity index (χ1v) is 5.56. The SMILES string of the molecule is Cc1ccccc1C(=O)N/N=C\c1ccncc1. The fraction of sp³-hybridized carbons (Fsp3) is 0.0714. The first-order chi connectivity index (χ1) is 8.77. The Hall–Kier alpha value is -2.49. The third kappa shape index (κ3) is 3.01. The number of benzene rings is 1. The summed E-state index contributed by atoms with van der Waals surface area (Å²) in [6.07, 6.45) is 4.92. The number of carbonyl (C=O) groups is 1. The predicted molar refractivity (Wildman–Crippen MR) is 70.5 cm³/mol. The predicted octanol–water partition coefficient (Wildman–Crippen LogP) is 2.15. The molecular weight excluding hydrogens is 226 g/mol. The minimum absolute atomic E-state index is 0.210. The second-order valence-electron chi connectivity index (χ2n) is 3.79. The highest BCUT2D eigenvalue weighted by molar-refractivity contribution is 5.96. The Morgan fingerprint density at radius 1 is 1.22 bits per heavy atom. The molecule has 0 radical (unpaired) electrons. The van der Waals surface area contributed by atoms with Gasteiger partial charge in [-0.15, -0.1) is 0 Å². The maximum Gasteiger partial charge on any atom is 0.271 e. The van der Waals surface area contributed by atoms with Gasteiger partial charge in [0.1, 0.15) is 0 Å². The number of aryl methyl sites for hydroxylation is 1. The van der Waals surface area contributed by atoms with Gasteiger partial charge in [-0.1, -0.05) is 18.2 Å². The molecule has 1 aromatic carbocycles. The van der Waals surface area contributed by atoms with Crippen LogP contribution in [-0.2, 0) is 0 Å². The zero-order valence-electron chi connectivity index (χ0n) is 10.00. The fourth-order valence-corrected chi connectivity index (χ4v) is 1.50. The molecule has 0 fully saturated rings. The Morgan fingerprint density at radius 2 is 1.94 bits per heavy atom. The molecule has 0 aliphatic carbocycles. The van der Waals surface area contributed by atoms with E-state index in [0.717, 1.165) is 11.1 Å². The van der Waals surface area contributed by atoms with Crippen molar-refractivity contribution in [3.63, 3.8) is 0 Å². The van der Waals surface area contributed by atoms with Crippen molar-refractivity contribution < 1.29 is 4.79 Å². The van der Waals surface area contributed by atoms with Crippen molar-refractivity contribution in [3.8, 4) is 0 Å². The smallest absolute Gasteiger partial charge is 0.267 e. The van der Waals surface area contributed by atoms with E-state index in [4.69, 9.17) is 0 Å². The van der Waals surface area contributed by atoms with Crippen LogP contribution >= 0.6 is 0 Å². The maximum absolute atomic E-state index is 11.8. The molecule has 2 aromatic rings. The van der Waals surface area contributed by atoms with Crippen LogP contribution in [0.1, 0.15) is 21.5 Å². The molecule has 0 aliphatic heterocycles. The number of nitrogens with one attached hydrogen (secondary N) is 1. The molecule has 1 amide bonds. The Kier molecular flexibility index (Phi) is 3.81. The van der Waals surface area contributed by atoms with E-state index >= 15 is 0 Å². The van der Waals surface area contributed by atoms with Crippen molar-refractivity contribution in [1.29, 1.82) is 0 Å². The first kappa shape index (κ1) is 12.0. The summed E-state index contributed by atoms with van der Waals surface area (Å²) >= 11 is 0. The summed E-state index contributed by atoms with van der Waals surface area (Å²) in [7, 11) is 0. The van der Waals surface area contributed by atoms with Crippen LogP contribution in [-0.4, -0.2) is 17.1 Å². The van der Waals surface area contributed by atoms with Crippen LogP contribution in [0.3, 0.4) is 0 Å². The zero-order valence-corrected chi connectivity index (χ0v) is 10.00. The third-order valence-corrected chi connectivity index (χ3v) is 2.48. The molecule has 1 heterocycles. The van der Waals surface area contributed by atoms with Gasteiger partial charge in [-0.25, -0.2) is 5.43 Å². The number of amides is 1. The molecule has 0 saturated heterocycles. The lowest BCUT2D eigenvalue weighted by atomic mass is 10.1. The van der Waals surface area contributed by atoms with E-state index in [0.29, 0.717) is 5.56 Å². The molecule has 0 unspecified atom stereocenters. The van der Waals surface area contributed by atoms with Crippen molar-refractivity contribution in [2.45, 2.75) is 6.92 Å². The van der Waals surface area contributed by atoms with E-state index in [1.807, 2.05) is 37.3 Å². The van der Waals surface area contributed by atoms with Crippen LogP contribution < -0.4 is 5.43 Å². The minimum atomic E-state index is -0.210. The highest BCUT2D eigenvalue weighted by Gasteiger charge is 2.05. The maximum atomic E-state index is 11.8. The average molecular weight is 239 g/mol. The lowest BCUT2D eigenvalue weighted by molar-refractivity contribution is 0.0954. The van der Waals surface area contributed by atoms with Crippen molar-refractivity contribution in [2.24, 2.45) is 5.10 Å². The number of nitrogens with zero attached hydrogens (tertiary/aromatic N) is 2. The van der Waals surface area contributed by atoms with E-state index in [9.17, 15) is 4.79 Å². The molecule has 18 heavy (non-hydrogen) atoms. The lowest BCUT2D eigenvalue weighted by Gasteiger charge is -2.02. The lowest BCUT2D eigenvalue weighted by Crippen LogP contribution is -2.18. The molecular formula is C14H13N3O. The van der Waals surface area contributed by atoms with E-state index in [1.165, 1.54) is 0 Å². The van der Waals surface area contributed by atoms with Gasteiger partial charge in [0.25, 0.3) is 5.91 Å². The summed E-state index contributed by atoms with van der Waals surface area (Å²) in [5, 5.41) is 3.91. The number of hydrogen-bond donors (Lipinski definition) is 1. The third-order valence-electron chi connectivity index (χ3n) is 2.48. The van der Waals surface area contributed by atoms with E-state index in [2.05, 4.69) is 15.5 Å². The largest absolute Gasteiger partial charge is 0.271 e. The number of hydrogen-bond acceptors (Lipinski definition) is 3. The second-order valence-corrected chi connectivity index (χ2v) is 3.79. The zero-order chi connectivity index (χ0) is 12.8. The van der Waals surface area contributed by atoms with Gasteiger partial charge in [0, 0.05) is 18.0 Å². The van der Waals surface area contributed by atoms with Crippen LogP contribution in [0.2, 0.25) is 0 Å². The Balaban J connectivity index is 2.01. The summed E-state index contributed by atoms with van der Waals surface area (Å²) < 4.78 is 0.